The number of nitrogens with zero attached hydrogens (tertiary/aromatic N) is 5. The molecule has 1 unspecified atom stereocenters. The lowest BCUT2D eigenvalue weighted by Crippen LogP contribution is -2.49. The molecule has 2 aliphatic rings. The van der Waals surface area contributed by atoms with Gasteiger partial charge in [0.1, 0.15) is 11.7 Å². The summed E-state index contributed by atoms with van der Waals surface area (Å²) in [6.07, 6.45) is 7.63. The molecular formula is C21H31N7O2. The number of anilines is 3. The fourth-order valence-corrected chi connectivity index (χ4v) is 4.23. The summed E-state index contributed by atoms with van der Waals surface area (Å²) in [5, 5.41) is 10.7. The summed E-state index contributed by atoms with van der Waals surface area (Å²) in [5.41, 5.74) is 2.49. The van der Waals surface area contributed by atoms with Gasteiger partial charge in [-0.15, -0.1) is 0 Å². The molecule has 0 saturated carbocycles. The first-order valence-corrected chi connectivity index (χ1v) is 10.7. The van der Waals surface area contributed by atoms with Crippen molar-refractivity contribution in [3.05, 3.63) is 23.7 Å². The molecule has 0 bridgehead atoms. The van der Waals surface area contributed by atoms with Crippen LogP contribution in [0.3, 0.4) is 0 Å². The van der Waals surface area contributed by atoms with E-state index in [0.717, 1.165) is 43.1 Å². The first-order chi connectivity index (χ1) is 14.4. The monoisotopic (exact) mass is 413 g/mol. The van der Waals surface area contributed by atoms with Crippen molar-refractivity contribution in [1.29, 1.82) is 0 Å². The summed E-state index contributed by atoms with van der Waals surface area (Å²) in [7, 11) is 1.91. The number of nitrogens with one attached hydrogen (secondary N) is 2. The zero-order chi connectivity index (χ0) is 21.3. The van der Waals surface area contributed by atoms with E-state index < -0.39 is 0 Å². The topological polar surface area (TPSA) is 97.2 Å². The number of fused-ring (bicyclic) bond motifs is 1. The predicted octanol–water partition coefficient (Wildman–Crippen LogP) is 2.58. The molecule has 1 amide bonds. The standard InChI is InChI=1S/C21H31N7O2/c1-13(2)18-20(29)25-17-14(3)24-21(26-19(17)27(18)4)22-9-15-10-23-28(11-15)12-16-7-5-6-8-30-16/h10-11,13,16,18H,5-9,12H2,1-4H3,(H,25,29)(H,22,24,26)/t16?,18-/m0/s1. The molecule has 2 atom stereocenters. The third-order valence-electron chi connectivity index (χ3n) is 5.77. The Kier molecular flexibility index (Phi) is 5.90. The van der Waals surface area contributed by atoms with Crippen LogP contribution in [-0.2, 0) is 22.6 Å². The van der Waals surface area contributed by atoms with Gasteiger partial charge < -0.3 is 20.3 Å². The van der Waals surface area contributed by atoms with Crippen molar-refractivity contribution >= 4 is 23.4 Å². The van der Waals surface area contributed by atoms with Crippen LogP contribution in [0.5, 0.6) is 0 Å². The van der Waals surface area contributed by atoms with Crippen LogP contribution < -0.4 is 15.5 Å². The zero-order valence-electron chi connectivity index (χ0n) is 18.2. The fourth-order valence-electron chi connectivity index (χ4n) is 4.23. The summed E-state index contributed by atoms with van der Waals surface area (Å²) in [5.74, 6) is 1.45. The molecule has 0 aromatic carbocycles. The molecule has 4 heterocycles. The van der Waals surface area contributed by atoms with Gasteiger partial charge in [-0.05, 0) is 32.1 Å². The van der Waals surface area contributed by atoms with Crippen molar-refractivity contribution in [3.63, 3.8) is 0 Å². The average Bonchev–Trinajstić information content (AvgIpc) is 3.15. The maximum atomic E-state index is 12.5. The zero-order valence-corrected chi connectivity index (χ0v) is 18.2. The van der Waals surface area contributed by atoms with E-state index in [9.17, 15) is 4.79 Å². The largest absolute Gasteiger partial charge is 0.376 e. The highest BCUT2D eigenvalue weighted by Crippen LogP contribution is 2.34. The first kappa shape index (κ1) is 20.6. The van der Waals surface area contributed by atoms with E-state index in [4.69, 9.17) is 4.74 Å². The molecule has 9 heteroatoms. The Morgan fingerprint density at radius 3 is 2.90 bits per heavy atom. The Morgan fingerprint density at radius 2 is 2.17 bits per heavy atom. The van der Waals surface area contributed by atoms with Crippen molar-refractivity contribution in [2.24, 2.45) is 5.92 Å². The number of carbonyl (C=O) groups excluding carboxylic acids is 1. The molecule has 9 nitrogen and oxygen atoms in total. The van der Waals surface area contributed by atoms with Gasteiger partial charge >= 0.3 is 0 Å². The molecule has 2 aliphatic heterocycles. The minimum atomic E-state index is -0.250. The van der Waals surface area contributed by atoms with Crippen LogP contribution in [0.4, 0.5) is 17.5 Å². The minimum absolute atomic E-state index is 0.0123. The van der Waals surface area contributed by atoms with Gasteiger partial charge in [0.15, 0.2) is 5.82 Å². The summed E-state index contributed by atoms with van der Waals surface area (Å²) >= 11 is 0. The number of aryl methyl sites for hydroxylation is 1. The van der Waals surface area contributed by atoms with Crippen molar-refractivity contribution in [2.75, 3.05) is 29.2 Å². The van der Waals surface area contributed by atoms with Crippen molar-refractivity contribution in [1.82, 2.24) is 19.7 Å². The molecule has 2 N–H and O–H groups in total. The highest BCUT2D eigenvalue weighted by Gasteiger charge is 2.35. The van der Waals surface area contributed by atoms with Crippen LogP contribution in [0.15, 0.2) is 12.4 Å². The van der Waals surface area contributed by atoms with Gasteiger partial charge in [-0.1, -0.05) is 13.8 Å². The van der Waals surface area contributed by atoms with Gasteiger partial charge in [0.25, 0.3) is 0 Å². The highest BCUT2D eigenvalue weighted by molar-refractivity contribution is 6.03. The van der Waals surface area contributed by atoms with Crippen LogP contribution in [0.1, 0.15) is 44.4 Å². The SMILES string of the molecule is Cc1nc(NCc2cnn(CC3CCCCO3)c2)nc2c1NC(=O)[C@H](C(C)C)N2C. The Hall–Kier alpha value is -2.68. The number of aromatic nitrogens is 4. The lowest BCUT2D eigenvalue weighted by atomic mass is 9.99. The molecule has 2 aromatic heterocycles. The molecular weight excluding hydrogens is 382 g/mol. The molecule has 0 aliphatic carbocycles. The van der Waals surface area contributed by atoms with Crippen molar-refractivity contribution < 1.29 is 9.53 Å². The summed E-state index contributed by atoms with van der Waals surface area (Å²) < 4.78 is 7.75. The molecule has 0 radical (unpaired) electrons. The van der Waals surface area contributed by atoms with Crippen LogP contribution in [0, 0.1) is 12.8 Å². The van der Waals surface area contributed by atoms with Gasteiger partial charge in [0, 0.05) is 32.0 Å². The second-order valence-electron chi connectivity index (χ2n) is 8.53. The van der Waals surface area contributed by atoms with Gasteiger partial charge in [0.2, 0.25) is 11.9 Å². The third kappa shape index (κ3) is 4.26. The number of likely N-dealkylation sites (N-methyl/N-ethyl adjacent to an activating group) is 1. The lowest BCUT2D eigenvalue weighted by molar-refractivity contribution is -0.118. The van der Waals surface area contributed by atoms with Gasteiger partial charge in [-0.3, -0.25) is 9.48 Å². The van der Waals surface area contributed by atoms with Gasteiger partial charge in [-0.25, -0.2) is 4.98 Å². The second kappa shape index (κ2) is 8.59. The van der Waals surface area contributed by atoms with E-state index in [1.165, 1.54) is 6.42 Å². The molecule has 1 saturated heterocycles. The Morgan fingerprint density at radius 1 is 1.33 bits per heavy atom. The number of amides is 1. The van der Waals surface area contributed by atoms with Gasteiger partial charge in [0.05, 0.1) is 24.5 Å². The van der Waals surface area contributed by atoms with E-state index in [1.54, 1.807) is 0 Å². The second-order valence-corrected chi connectivity index (χ2v) is 8.53. The number of carbonyl (C=O) groups is 1. The van der Waals surface area contributed by atoms with Crippen LogP contribution >= 0.6 is 0 Å². The normalized spacial score (nSPS) is 21.5. The maximum absolute atomic E-state index is 12.5. The highest BCUT2D eigenvalue weighted by atomic mass is 16.5. The van der Waals surface area contributed by atoms with Crippen LogP contribution in [-0.4, -0.2) is 51.5 Å². The maximum Gasteiger partial charge on any atom is 0.247 e. The Balaban J connectivity index is 1.43. The van der Waals surface area contributed by atoms with E-state index >= 15 is 0 Å². The van der Waals surface area contributed by atoms with E-state index in [2.05, 4.69) is 25.7 Å². The molecule has 30 heavy (non-hydrogen) atoms. The average molecular weight is 414 g/mol. The number of hydrogen-bond acceptors (Lipinski definition) is 7. The summed E-state index contributed by atoms with van der Waals surface area (Å²) in [6.45, 7) is 8.17. The Bertz CT molecular complexity index is 905. The van der Waals surface area contributed by atoms with Crippen LogP contribution in [0.2, 0.25) is 0 Å². The smallest absolute Gasteiger partial charge is 0.247 e. The van der Waals surface area contributed by atoms with Crippen molar-refractivity contribution in [2.45, 2.75) is 65.3 Å². The molecule has 4 rings (SSSR count). The molecule has 1 fully saturated rings. The van der Waals surface area contributed by atoms with Gasteiger partial charge in [-0.2, -0.15) is 10.1 Å². The number of hydrogen-bond donors (Lipinski definition) is 2. The fraction of sp³-hybridized carbons (Fsp3) is 0.619. The number of rotatable bonds is 6. The minimum Gasteiger partial charge on any atom is -0.376 e. The summed E-state index contributed by atoms with van der Waals surface area (Å²) in [4.78, 5) is 23.6. The third-order valence-corrected chi connectivity index (χ3v) is 5.77. The van der Waals surface area contributed by atoms with E-state index in [-0.39, 0.29) is 24.0 Å². The molecule has 162 valence electrons. The molecule has 2 aromatic rings. The van der Waals surface area contributed by atoms with E-state index in [1.807, 2.05) is 49.8 Å². The number of ether oxygens (including phenoxy) is 1. The summed E-state index contributed by atoms with van der Waals surface area (Å²) in [6, 6.07) is -0.250. The Labute approximate surface area is 177 Å². The lowest BCUT2D eigenvalue weighted by Gasteiger charge is -2.36. The predicted molar refractivity (Wildman–Crippen MR) is 116 cm³/mol. The first-order valence-electron chi connectivity index (χ1n) is 10.7. The van der Waals surface area contributed by atoms with Crippen LogP contribution in [0.25, 0.3) is 0 Å². The molecule has 0 spiro atoms. The van der Waals surface area contributed by atoms with E-state index in [0.29, 0.717) is 18.2 Å². The quantitative estimate of drug-likeness (QED) is 0.751. The van der Waals surface area contributed by atoms with Crippen molar-refractivity contribution in [3.8, 4) is 0 Å².